The van der Waals surface area contributed by atoms with E-state index < -0.39 is 12.0 Å². The quantitative estimate of drug-likeness (QED) is 0.851. The number of carboxylic acid groups (broad SMARTS) is 1. The summed E-state index contributed by atoms with van der Waals surface area (Å²) in [7, 11) is 0. The van der Waals surface area contributed by atoms with Crippen molar-refractivity contribution < 1.29 is 14.7 Å². The second-order valence-corrected chi connectivity index (χ2v) is 8.19. The molecule has 5 heteroatoms. The number of fused-ring (bicyclic) bond motifs is 1. The highest BCUT2D eigenvalue weighted by molar-refractivity contribution is 8.01. The summed E-state index contributed by atoms with van der Waals surface area (Å²) in [5, 5.41) is 9.51. The van der Waals surface area contributed by atoms with Crippen molar-refractivity contribution in [1.29, 1.82) is 0 Å². The lowest BCUT2D eigenvalue weighted by Gasteiger charge is -2.37. The number of carbonyl (C=O) groups excluding carboxylic acids is 1. The highest BCUT2D eigenvalue weighted by Gasteiger charge is 2.52. The molecule has 0 spiro atoms. The number of amides is 1. The summed E-state index contributed by atoms with van der Waals surface area (Å²) < 4.78 is -0.389. The molecule has 0 aromatic rings. The molecule has 3 rings (SSSR count). The molecule has 0 aromatic carbocycles. The molecule has 1 N–H and O–H groups in total. The maximum atomic E-state index is 13.0. The Morgan fingerprint density at radius 2 is 2.00 bits per heavy atom. The zero-order valence-corrected chi connectivity index (χ0v) is 12.8. The third-order valence-electron chi connectivity index (χ3n) is 5.28. The van der Waals surface area contributed by atoms with Gasteiger partial charge in [0.15, 0.2) is 0 Å². The molecule has 3 aliphatic rings. The molecule has 0 radical (unpaired) electrons. The number of aliphatic carboxylic acids is 1. The number of hydrogen-bond acceptors (Lipinski definition) is 3. The minimum Gasteiger partial charge on any atom is -0.480 e. The lowest BCUT2D eigenvalue weighted by atomic mass is 9.84. The molecule has 1 saturated carbocycles. The molecule has 1 aliphatic carbocycles. The van der Waals surface area contributed by atoms with Gasteiger partial charge in [0.05, 0.1) is 4.75 Å². The van der Waals surface area contributed by atoms with Gasteiger partial charge < -0.3 is 10.0 Å². The van der Waals surface area contributed by atoms with Crippen LogP contribution in [-0.4, -0.2) is 44.5 Å². The average Bonchev–Trinajstić information content (AvgIpc) is 3.02. The fourth-order valence-electron chi connectivity index (χ4n) is 4.19. The molecule has 4 atom stereocenters. The molecular formula is C15H23NO3S. The molecular weight excluding hydrogens is 274 g/mol. The molecule has 2 aliphatic heterocycles. The van der Waals surface area contributed by atoms with E-state index in [0.717, 1.165) is 37.9 Å². The first-order valence-electron chi connectivity index (χ1n) is 7.72. The van der Waals surface area contributed by atoms with E-state index in [9.17, 15) is 14.7 Å². The molecule has 3 fully saturated rings. The van der Waals surface area contributed by atoms with Crippen LogP contribution in [0.3, 0.4) is 0 Å². The molecule has 2 heterocycles. The van der Waals surface area contributed by atoms with Gasteiger partial charge in [0.1, 0.15) is 6.04 Å². The molecule has 0 aromatic heterocycles. The average molecular weight is 297 g/mol. The first kappa shape index (κ1) is 14.2. The first-order valence-corrected chi connectivity index (χ1v) is 8.71. The van der Waals surface area contributed by atoms with Crippen molar-refractivity contribution in [2.75, 3.05) is 5.75 Å². The minimum absolute atomic E-state index is 0.0850. The predicted octanol–water partition coefficient (Wildman–Crippen LogP) is 2.52. The Labute approximate surface area is 124 Å². The van der Waals surface area contributed by atoms with E-state index in [0.29, 0.717) is 12.3 Å². The van der Waals surface area contributed by atoms with Crippen LogP contribution in [0.2, 0.25) is 0 Å². The van der Waals surface area contributed by atoms with Gasteiger partial charge >= 0.3 is 5.97 Å². The summed E-state index contributed by atoms with van der Waals surface area (Å²) in [6.45, 7) is 2.00. The Kier molecular flexibility index (Phi) is 3.73. The van der Waals surface area contributed by atoms with E-state index in [-0.39, 0.29) is 16.7 Å². The highest BCUT2D eigenvalue weighted by Crippen LogP contribution is 2.45. The van der Waals surface area contributed by atoms with E-state index in [4.69, 9.17) is 0 Å². The van der Waals surface area contributed by atoms with E-state index in [1.165, 1.54) is 6.42 Å². The molecule has 112 valence electrons. The maximum absolute atomic E-state index is 13.0. The predicted molar refractivity (Wildman–Crippen MR) is 78.7 cm³/mol. The molecule has 4 nitrogen and oxygen atoms in total. The number of thioether (sulfide) groups is 1. The van der Waals surface area contributed by atoms with Crippen LogP contribution in [-0.2, 0) is 9.59 Å². The molecule has 1 amide bonds. The van der Waals surface area contributed by atoms with Crippen molar-refractivity contribution in [3.05, 3.63) is 0 Å². The third-order valence-corrected chi connectivity index (χ3v) is 6.79. The van der Waals surface area contributed by atoms with Crippen molar-refractivity contribution >= 4 is 23.6 Å². The molecule has 4 unspecified atom stereocenters. The number of hydrogen-bond donors (Lipinski definition) is 1. The van der Waals surface area contributed by atoms with E-state index in [1.807, 2.05) is 6.92 Å². The number of likely N-dealkylation sites (tertiary alicyclic amines) is 1. The standard InChI is InChI=1S/C15H23NO3S/c1-15(7-4-8-20-15)14(19)16-11-6-3-2-5-10(11)9-12(16)13(17)18/h10-12H,2-9H2,1H3,(H,17,18). The first-order chi connectivity index (χ1) is 9.53. The van der Waals surface area contributed by atoms with Crippen LogP contribution >= 0.6 is 11.8 Å². The lowest BCUT2D eigenvalue weighted by molar-refractivity contribution is -0.150. The Morgan fingerprint density at radius 1 is 1.25 bits per heavy atom. The fraction of sp³-hybridized carbons (Fsp3) is 0.867. The van der Waals surface area contributed by atoms with Gasteiger partial charge in [0.25, 0.3) is 0 Å². The lowest BCUT2D eigenvalue weighted by Crippen LogP contribution is -2.52. The largest absolute Gasteiger partial charge is 0.480 e. The van der Waals surface area contributed by atoms with Crippen molar-refractivity contribution in [2.24, 2.45) is 5.92 Å². The number of nitrogens with zero attached hydrogens (tertiary/aromatic N) is 1. The van der Waals surface area contributed by atoms with Gasteiger partial charge in [-0.1, -0.05) is 12.8 Å². The fourth-order valence-corrected chi connectivity index (χ4v) is 5.45. The van der Waals surface area contributed by atoms with Crippen LogP contribution in [0.15, 0.2) is 0 Å². The summed E-state index contributed by atoms with van der Waals surface area (Å²) in [6.07, 6.45) is 6.99. The molecule has 20 heavy (non-hydrogen) atoms. The van der Waals surface area contributed by atoms with E-state index in [1.54, 1.807) is 16.7 Å². The van der Waals surface area contributed by atoms with Crippen molar-refractivity contribution in [2.45, 2.75) is 68.7 Å². The normalized spacial score (nSPS) is 40.6. The van der Waals surface area contributed by atoms with E-state index >= 15 is 0 Å². The van der Waals surface area contributed by atoms with Crippen molar-refractivity contribution in [3.63, 3.8) is 0 Å². The summed E-state index contributed by atoms with van der Waals surface area (Å²) in [4.78, 5) is 26.3. The molecule has 0 bridgehead atoms. The Morgan fingerprint density at radius 3 is 2.65 bits per heavy atom. The summed E-state index contributed by atoms with van der Waals surface area (Å²) in [5.41, 5.74) is 0. The number of carboxylic acids is 1. The number of carbonyl (C=O) groups is 2. The van der Waals surface area contributed by atoms with Crippen LogP contribution in [0, 0.1) is 5.92 Å². The van der Waals surface area contributed by atoms with Gasteiger partial charge in [-0.05, 0) is 50.7 Å². The second-order valence-electron chi connectivity index (χ2n) is 6.60. The van der Waals surface area contributed by atoms with Crippen LogP contribution in [0.4, 0.5) is 0 Å². The van der Waals surface area contributed by atoms with Gasteiger partial charge in [-0.25, -0.2) is 4.79 Å². The SMILES string of the molecule is CC1(C(=O)N2C(C(=O)O)CC3CCCCC32)CCCS1. The van der Waals surface area contributed by atoms with Crippen LogP contribution < -0.4 is 0 Å². The molecule has 2 saturated heterocycles. The van der Waals surface area contributed by atoms with Crippen LogP contribution in [0.25, 0.3) is 0 Å². The Hall–Kier alpha value is -0.710. The zero-order valence-electron chi connectivity index (χ0n) is 12.0. The zero-order chi connectivity index (χ0) is 14.3. The summed E-state index contributed by atoms with van der Waals surface area (Å²) in [6, 6.07) is -0.413. The maximum Gasteiger partial charge on any atom is 0.326 e. The highest BCUT2D eigenvalue weighted by atomic mass is 32.2. The Bertz CT molecular complexity index is 419. The smallest absolute Gasteiger partial charge is 0.326 e. The van der Waals surface area contributed by atoms with Crippen molar-refractivity contribution in [1.82, 2.24) is 4.90 Å². The van der Waals surface area contributed by atoms with Crippen LogP contribution in [0.1, 0.15) is 51.9 Å². The van der Waals surface area contributed by atoms with Gasteiger partial charge in [-0.2, -0.15) is 0 Å². The number of rotatable bonds is 2. The van der Waals surface area contributed by atoms with Gasteiger partial charge in [-0.15, -0.1) is 11.8 Å². The van der Waals surface area contributed by atoms with E-state index in [2.05, 4.69) is 0 Å². The topological polar surface area (TPSA) is 57.6 Å². The van der Waals surface area contributed by atoms with Crippen LogP contribution in [0.5, 0.6) is 0 Å². The summed E-state index contributed by atoms with van der Waals surface area (Å²) in [5.74, 6) is 0.687. The third kappa shape index (κ3) is 2.24. The van der Waals surface area contributed by atoms with Gasteiger partial charge in [0, 0.05) is 6.04 Å². The van der Waals surface area contributed by atoms with Gasteiger partial charge in [0.2, 0.25) is 5.91 Å². The van der Waals surface area contributed by atoms with Crippen molar-refractivity contribution in [3.8, 4) is 0 Å². The second kappa shape index (κ2) is 5.24. The Balaban J connectivity index is 1.87. The van der Waals surface area contributed by atoms with Gasteiger partial charge in [-0.3, -0.25) is 4.79 Å². The minimum atomic E-state index is -0.820. The summed E-state index contributed by atoms with van der Waals surface area (Å²) >= 11 is 1.71. The monoisotopic (exact) mass is 297 g/mol.